The van der Waals surface area contributed by atoms with Crippen molar-refractivity contribution in [2.75, 3.05) is 24.3 Å². The third-order valence-electron chi connectivity index (χ3n) is 3.17. The van der Waals surface area contributed by atoms with Crippen LogP contribution in [0.3, 0.4) is 0 Å². The minimum absolute atomic E-state index is 0.109. The third kappa shape index (κ3) is 4.61. The van der Waals surface area contributed by atoms with Crippen LogP contribution in [-0.4, -0.2) is 38.7 Å². The monoisotopic (exact) mass is 400 g/mol. The Morgan fingerprint density at radius 1 is 1.12 bits per heavy atom. The van der Waals surface area contributed by atoms with Crippen LogP contribution in [-0.2, 0) is 14.8 Å². The lowest BCUT2D eigenvalue weighted by atomic mass is 9.96. The molecule has 26 heavy (non-hydrogen) atoms. The zero-order chi connectivity index (χ0) is 19.5. The van der Waals surface area contributed by atoms with Gasteiger partial charge in [-0.25, -0.2) is 0 Å². The Labute approximate surface area is 155 Å². The second kappa shape index (κ2) is 7.46. The first-order chi connectivity index (χ1) is 12.1. The van der Waals surface area contributed by atoms with E-state index in [1.165, 1.54) is 26.4 Å². The van der Waals surface area contributed by atoms with Crippen LogP contribution in [0, 0.1) is 5.41 Å². The number of rotatable bonds is 6. The van der Waals surface area contributed by atoms with Crippen molar-refractivity contribution in [3.05, 3.63) is 18.2 Å². The lowest BCUT2D eigenvalue weighted by Gasteiger charge is -2.15. The molecule has 142 valence electrons. The SMILES string of the molecule is COc1ccc(NS(=O)(=O)c2nnc(NC(=O)C(C)(C)C)s2)cc1OC. The Morgan fingerprint density at radius 3 is 2.35 bits per heavy atom. The van der Waals surface area contributed by atoms with E-state index in [4.69, 9.17) is 9.47 Å². The van der Waals surface area contributed by atoms with Gasteiger partial charge in [0.05, 0.1) is 19.9 Å². The van der Waals surface area contributed by atoms with Gasteiger partial charge in [-0.05, 0) is 12.1 Å². The molecule has 0 aliphatic rings. The van der Waals surface area contributed by atoms with Gasteiger partial charge < -0.3 is 14.8 Å². The van der Waals surface area contributed by atoms with E-state index in [-0.39, 0.29) is 21.1 Å². The molecule has 2 aromatic rings. The van der Waals surface area contributed by atoms with Crippen molar-refractivity contribution in [2.45, 2.75) is 25.1 Å². The molecule has 0 aliphatic heterocycles. The van der Waals surface area contributed by atoms with Gasteiger partial charge in [0.15, 0.2) is 11.5 Å². The minimum atomic E-state index is -3.96. The number of amides is 1. The standard InChI is InChI=1S/C15H20N4O5S2/c1-15(2,3)12(20)16-13-17-18-14(25-13)26(21,22)19-9-6-7-10(23-4)11(8-9)24-5/h6-8,19H,1-5H3,(H,16,17,20). The topological polar surface area (TPSA) is 120 Å². The number of benzene rings is 1. The number of nitrogens with zero attached hydrogens (tertiary/aromatic N) is 2. The molecular formula is C15H20N4O5S2. The summed E-state index contributed by atoms with van der Waals surface area (Å²) in [5, 5.41) is 10.0. The number of ether oxygens (including phenoxy) is 2. The van der Waals surface area contributed by atoms with Crippen LogP contribution < -0.4 is 19.5 Å². The van der Waals surface area contributed by atoms with Gasteiger partial charge in [-0.3, -0.25) is 9.52 Å². The Balaban J connectivity index is 2.20. The summed E-state index contributed by atoms with van der Waals surface area (Å²) in [5.74, 6) is 0.562. The van der Waals surface area contributed by atoms with Gasteiger partial charge in [0.2, 0.25) is 11.0 Å². The number of sulfonamides is 1. The number of anilines is 2. The molecule has 0 bridgehead atoms. The molecule has 0 saturated heterocycles. The molecule has 2 rings (SSSR count). The molecule has 1 amide bonds. The largest absolute Gasteiger partial charge is 0.493 e. The maximum absolute atomic E-state index is 12.5. The maximum atomic E-state index is 12.5. The van der Waals surface area contributed by atoms with Crippen LogP contribution in [0.5, 0.6) is 11.5 Å². The van der Waals surface area contributed by atoms with Gasteiger partial charge in [-0.1, -0.05) is 32.1 Å². The summed E-state index contributed by atoms with van der Waals surface area (Å²) in [6.45, 7) is 5.21. The lowest BCUT2D eigenvalue weighted by molar-refractivity contribution is -0.123. The molecule has 0 spiro atoms. The highest BCUT2D eigenvalue weighted by molar-refractivity contribution is 7.94. The van der Waals surface area contributed by atoms with Crippen molar-refractivity contribution in [3.63, 3.8) is 0 Å². The molecular weight excluding hydrogens is 380 g/mol. The zero-order valence-electron chi connectivity index (χ0n) is 15.0. The summed E-state index contributed by atoms with van der Waals surface area (Å²) in [5.41, 5.74) is -0.360. The summed E-state index contributed by atoms with van der Waals surface area (Å²) in [7, 11) is -1.03. The van der Waals surface area contributed by atoms with E-state index >= 15 is 0 Å². The number of methoxy groups -OCH3 is 2. The summed E-state index contributed by atoms with van der Waals surface area (Å²) >= 11 is 0.761. The minimum Gasteiger partial charge on any atom is -0.493 e. The second-order valence-electron chi connectivity index (χ2n) is 6.25. The Hall–Kier alpha value is -2.40. The number of aromatic nitrogens is 2. The van der Waals surface area contributed by atoms with E-state index in [1.54, 1.807) is 26.8 Å². The van der Waals surface area contributed by atoms with Gasteiger partial charge in [-0.2, -0.15) is 8.42 Å². The molecule has 1 aromatic heterocycles. The number of carbonyl (C=O) groups excluding carboxylic acids is 1. The van der Waals surface area contributed by atoms with Crippen molar-refractivity contribution in [3.8, 4) is 11.5 Å². The van der Waals surface area contributed by atoms with Crippen molar-refractivity contribution in [2.24, 2.45) is 5.41 Å². The van der Waals surface area contributed by atoms with Gasteiger partial charge in [0, 0.05) is 11.5 Å². The fraction of sp³-hybridized carbons (Fsp3) is 0.400. The van der Waals surface area contributed by atoms with Crippen LogP contribution in [0.4, 0.5) is 10.8 Å². The fourth-order valence-corrected chi connectivity index (χ4v) is 3.70. The van der Waals surface area contributed by atoms with E-state index in [0.717, 1.165) is 11.3 Å². The summed E-state index contributed by atoms with van der Waals surface area (Å²) < 4.78 is 37.3. The molecule has 0 atom stereocenters. The molecule has 0 aliphatic carbocycles. The highest BCUT2D eigenvalue weighted by Gasteiger charge is 2.25. The molecule has 0 fully saturated rings. The number of hydrogen-bond acceptors (Lipinski definition) is 8. The van der Waals surface area contributed by atoms with Crippen molar-refractivity contribution < 1.29 is 22.7 Å². The average molecular weight is 400 g/mol. The normalized spacial score (nSPS) is 11.7. The van der Waals surface area contributed by atoms with Crippen molar-refractivity contribution in [1.82, 2.24) is 10.2 Å². The van der Waals surface area contributed by atoms with Gasteiger partial charge >= 0.3 is 0 Å². The van der Waals surface area contributed by atoms with Crippen LogP contribution in [0.2, 0.25) is 0 Å². The third-order valence-corrected chi connectivity index (χ3v) is 5.76. The van der Waals surface area contributed by atoms with E-state index in [2.05, 4.69) is 20.2 Å². The predicted molar refractivity (Wildman–Crippen MR) is 98.3 cm³/mol. The predicted octanol–water partition coefficient (Wildman–Crippen LogP) is 2.34. The van der Waals surface area contributed by atoms with Crippen LogP contribution in [0.25, 0.3) is 0 Å². The quantitative estimate of drug-likeness (QED) is 0.714. The lowest BCUT2D eigenvalue weighted by Crippen LogP contribution is -2.27. The summed E-state index contributed by atoms with van der Waals surface area (Å²) in [4.78, 5) is 12.0. The highest BCUT2D eigenvalue weighted by Crippen LogP contribution is 2.31. The number of nitrogens with one attached hydrogen (secondary N) is 2. The maximum Gasteiger partial charge on any atom is 0.291 e. The van der Waals surface area contributed by atoms with E-state index in [1.807, 2.05) is 0 Å². The Morgan fingerprint density at radius 2 is 1.77 bits per heavy atom. The van der Waals surface area contributed by atoms with Crippen molar-refractivity contribution >= 4 is 38.1 Å². The van der Waals surface area contributed by atoms with Gasteiger partial charge in [0.1, 0.15) is 0 Å². The smallest absolute Gasteiger partial charge is 0.291 e. The molecule has 0 saturated carbocycles. The Bertz CT molecular complexity index is 903. The van der Waals surface area contributed by atoms with E-state index in [9.17, 15) is 13.2 Å². The first-order valence-electron chi connectivity index (χ1n) is 7.46. The van der Waals surface area contributed by atoms with Crippen LogP contribution in [0.1, 0.15) is 20.8 Å². The zero-order valence-corrected chi connectivity index (χ0v) is 16.6. The molecule has 1 aromatic carbocycles. The molecule has 2 N–H and O–H groups in total. The summed E-state index contributed by atoms with van der Waals surface area (Å²) in [6, 6.07) is 4.59. The van der Waals surface area contributed by atoms with Gasteiger partial charge in [-0.15, -0.1) is 10.2 Å². The molecule has 9 nitrogen and oxygen atoms in total. The second-order valence-corrected chi connectivity index (χ2v) is 9.09. The average Bonchev–Trinajstić information content (AvgIpc) is 3.03. The van der Waals surface area contributed by atoms with Crippen molar-refractivity contribution in [1.29, 1.82) is 0 Å². The molecule has 11 heteroatoms. The fourth-order valence-electron chi connectivity index (χ4n) is 1.75. The first-order valence-corrected chi connectivity index (χ1v) is 9.76. The van der Waals surface area contributed by atoms with Gasteiger partial charge in [0.25, 0.3) is 14.4 Å². The summed E-state index contributed by atoms with van der Waals surface area (Å²) in [6.07, 6.45) is 0. The van der Waals surface area contributed by atoms with Crippen LogP contribution in [0.15, 0.2) is 22.5 Å². The number of hydrogen-bond donors (Lipinski definition) is 2. The first kappa shape index (κ1) is 19.9. The Kier molecular flexibility index (Phi) is 5.71. The molecule has 1 heterocycles. The van der Waals surface area contributed by atoms with E-state index < -0.39 is 15.4 Å². The van der Waals surface area contributed by atoms with E-state index in [0.29, 0.717) is 11.5 Å². The molecule has 0 radical (unpaired) electrons. The van der Waals surface area contributed by atoms with Crippen LogP contribution >= 0.6 is 11.3 Å². The number of carbonyl (C=O) groups is 1. The molecule has 0 unspecified atom stereocenters. The highest BCUT2D eigenvalue weighted by atomic mass is 32.2.